The van der Waals surface area contributed by atoms with Crippen LogP contribution in [0.3, 0.4) is 0 Å². The molecule has 0 bridgehead atoms. The Hall–Kier alpha value is -3.12. The monoisotopic (exact) mass is 381 g/mol. The fourth-order valence-corrected chi connectivity index (χ4v) is 3.06. The number of fused-ring (bicyclic) bond motifs is 3. The Morgan fingerprint density at radius 1 is 1.15 bits per heavy atom. The molecule has 0 fully saturated rings. The molecule has 0 saturated carbocycles. The van der Waals surface area contributed by atoms with Crippen LogP contribution in [-0.2, 0) is 17.8 Å². The van der Waals surface area contributed by atoms with Gasteiger partial charge in [-0.15, -0.1) is 0 Å². The predicted molar refractivity (Wildman–Crippen MR) is 104 cm³/mol. The number of rotatable bonds is 5. The Morgan fingerprint density at radius 3 is 2.74 bits per heavy atom. The van der Waals surface area contributed by atoms with Crippen LogP contribution in [0, 0.1) is 0 Å². The molecule has 0 atom stereocenters. The molecule has 2 heterocycles. The Labute approximate surface area is 159 Å². The highest BCUT2D eigenvalue weighted by Gasteiger charge is 2.14. The third kappa shape index (κ3) is 3.57. The largest absolute Gasteiger partial charge is 0.448 e. The Morgan fingerprint density at radius 2 is 1.93 bits per heavy atom. The van der Waals surface area contributed by atoms with Gasteiger partial charge in [0, 0.05) is 17.0 Å². The van der Waals surface area contributed by atoms with Gasteiger partial charge in [0.2, 0.25) is 11.5 Å². The van der Waals surface area contributed by atoms with Gasteiger partial charge >= 0.3 is 0 Å². The van der Waals surface area contributed by atoms with Crippen LogP contribution in [0.2, 0.25) is 5.02 Å². The molecule has 136 valence electrons. The maximum absolute atomic E-state index is 12.6. The number of aromatic nitrogens is 2. The van der Waals surface area contributed by atoms with E-state index in [2.05, 4.69) is 10.3 Å². The molecule has 0 aliphatic carbocycles. The molecule has 0 spiro atoms. The number of carbonyl (C=O) groups excluding carboxylic acids is 1. The van der Waals surface area contributed by atoms with Crippen molar-refractivity contribution in [3.8, 4) is 0 Å². The summed E-state index contributed by atoms with van der Waals surface area (Å²) in [6.45, 7) is 0.356. The quantitative estimate of drug-likeness (QED) is 0.576. The van der Waals surface area contributed by atoms with Crippen LogP contribution in [0.5, 0.6) is 0 Å². The Bertz CT molecular complexity index is 1180. The molecule has 1 amide bonds. The van der Waals surface area contributed by atoms with Gasteiger partial charge in [-0.3, -0.25) is 14.2 Å². The molecule has 2 aromatic heterocycles. The average molecular weight is 382 g/mol. The predicted octanol–water partition coefficient (Wildman–Crippen LogP) is 3.16. The van der Waals surface area contributed by atoms with Gasteiger partial charge in [-0.2, -0.15) is 0 Å². The smallest absolute Gasteiger partial charge is 0.297 e. The Balaban J connectivity index is 1.45. The molecule has 0 radical (unpaired) electrons. The lowest BCUT2D eigenvalue weighted by Gasteiger charge is -2.07. The van der Waals surface area contributed by atoms with Crippen LogP contribution in [0.1, 0.15) is 5.56 Å². The zero-order valence-electron chi connectivity index (χ0n) is 14.3. The zero-order valence-corrected chi connectivity index (χ0v) is 15.1. The lowest BCUT2D eigenvalue weighted by molar-refractivity contribution is -0.121. The summed E-state index contributed by atoms with van der Waals surface area (Å²) in [6, 6.07) is 14.8. The van der Waals surface area contributed by atoms with Crippen molar-refractivity contribution in [2.45, 2.75) is 13.0 Å². The molecule has 1 N–H and O–H groups in total. The van der Waals surface area contributed by atoms with Crippen molar-refractivity contribution in [2.24, 2.45) is 0 Å². The summed E-state index contributed by atoms with van der Waals surface area (Å²) >= 11 is 5.85. The van der Waals surface area contributed by atoms with E-state index in [9.17, 15) is 9.59 Å². The van der Waals surface area contributed by atoms with Crippen LogP contribution in [0.25, 0.3) is 22.1 Å². The van der Waals surface area contributed by atoms with Gasteiger partial charge in [0.25, 0.3) is 5.56 Å². The third-order valence-corrected chi connectivity index (χ3v) is 4.57. The molecular weight excluding hydrogens is 366 g/mol. The molecule has 6 nitrogen and oxygen atoms in total. The van der Waals surface area contributed by atoms with Crippen molar-refractivity contribution in [2.75, 3.05) is 6.54 Å². The van der Waals surface area contributed by atoms with Gasteiger partial charge in [0.1, 0.15) is 17.6 Å². The summed E-state index contributed by atoms with van der Waals surface area (Å²) in [7, 11) is 0. The van der Waals surface area contributed by atoms with Crippen molar-refractivity contribution in [3.05, 3.63) is 75.8 Å². The first-order valence-electron chi connectivity index (χ1n) is 8.49. The van der Waals surface area contributed by atoms with Crippen LogP contribution < -0.4 is 10.9 Å². The zero-order chi connectivity index (χ0) is 18.8. The molecule has 2 aromatic carbocycles. The number of furan rings is 1. The van der Waals surface area contributed by atoms with Crippen LogP contribution in [-0.4, -0.2) is 22.0 Å². The highest BCUT2D eigenvalue weighted by atomic mass is 35.5. The van der Waals surface area contributed by atoms with Crippen LogP contribution >= 0.6 is 11.6 Å². The van der Waals surface area contributed by atoms with Crippen LogP contribution in [0.4, 0.5) is 0 Å². The van der Waals surface area contributed by atoms with Gasteiger partial charge < -0.3 is 9.73 Å². The SMILES string of the molecule is O=C(Cn1cnc2c(oc3ccccc32)c1=O)NCCc1ccc(Cl)cc1. The van der Waals surface area contributed by atoms with Crippen molar-refractivity contribution in [1.29, 1.82) is 0 Å². The minimum atomic E-state index is -0.371. The fourth-order valence-electron chi connectivity index (χ4n) is 2.94. The van der Waals surface area contributed by atoms with Gasteiger partial charge in [-0.25, -0.2) is 4.98 Å². The fraction of sp³-hybridized carbons (Fsp3) is 0.150. The number of nitrogens with zero attached hydrogens (tertiary/aromatic N) is 2. The topological polar surface area (TPSA) is 77.1 Å². The molecule has 0 saturated heterocycles. The summed E-state index contributed by atoms with van der Waals surface area (Å²) in [4.78, 5) is 29.1. The van der Waals surface area contributed by atoms with Gasteiger partial charge in [-0.1, -0.05) is 35.9 Å². The third-order valence-electron chi connectivity index (χ3n) is 4.31. The van der Waals surface area contributed by atoms with E-state index >= 15 is 0 Å². The highest BCUT2D eigenvalue weighted by molar-refractivity contribution is 6.30. The summed E-state index contributed by atoms with van der Waals surface area (Å²) in [5, 5.41) is 4.26. The van der Waals surface area contributed by atoms with Gasteiger partial charge in [0.15, 0.2) is 0 Å². The van der Waals surface area contributed by atoms with E-state index in [1.807, 2.05) is 42.5 Å². The van der Waals surface area contributed by atoms with E-state index in [1.165, 1.54) is 10.9 Å². The second kappa shape index (κ2) is 7.25. The minimum Gasteiger partial charge on any atom is -0.448 e. The first-order chi connectivity index (χ1) is 13.1. The molecule has 4 rings (SSSR count). The number of benzene rings is 2. The first-order valence-corrected chi connectivity index (χ1v) is 8.87. The molecular formula is C20H16ClN3O3. The lowest BCUT2D eigenvalue weighted by atomic mass is 10.1. The van der Waals surface area contributed by atoms with Gasteiger partial charge in [-0.05, 0) is 36.2 Å². The minimum absolute atomic E-state index is 0.112. The number of halogens is 1. The second-order valence-corrected chi connectivity index (χ2v) is 6.62. The van der Waals surface area contributed by atoms with Gasteiger partial charge in [0.05, 0.1) is 6.33 Å². The molecule has 7 heteroatoms. The van der Waals surface area contributed by atoms with Crippen molar-refractivity contribution >= 4 is 39.6 Å². The normalized spacial score (nSPS) is 11.1. The average Bonchev–Trinajstić information content (AvgIpc) is 3.05. The first kappa shape index (κ1) is 17.3. The Kier molecular flexibility index (Phi) is 4.64. The van der Waals surface area contributed by atoms with Crippen molar-refractivity contribution in [3.63, 3.8) is 0 Å². The summed E-state index contributed by atoms with van der Waals surface area (Å²) in [5.74, 6) is -0.261. The number of amides is 1. The number of carbonyl (C=O) groups is 1. The number of hydrogen-bond acceptors (Lipinski definition) is 4. The van der Waals surface area contributed by atoms with E-state index in [1.54, 1.807) is 6.07 Å². The molecule has 27 heavy (non-hydrogen) atoms. The number of hydrogen-bond donors (Lipinski definition) is 1. The van der Waals surface area contributed by atoms with E-state index < -0.39 is 0 Å². The maximum Gasteiger partial charge on any atom is 0.297 e. The van der Waals surface area contributed by atoms with E-state index in [4.69, 9.17) is 16.0 Å². The number of nitrogens with one attached hydrogen (secondary N) is 1. The second-order valence-electron chi connectivity index (χ2n) is 6.18. The molecule has 4 aromatic rings. The van der Waals surface area contributed by atoms with Crippen molar-refractivity contribution in [1.82, 2.24) is 14.9 Å². The summed E-state index contributed by atoms with van der Waals surface area (Å²) < 4.78 is 6.87. The molecule has 0 aliphatic rings. The van der Waals surface area contributed by atoms with E-state index in [0.717, 1.165) is 10.9 Å². The maximum atomic E-state index is 12.6. The number of para-hydroxylation sites is 1. The summed E-state index contributed by atoms with van der Waals surface area (Å²) in [5.41, 5.74) is 1.97. The lowest BCUT2D eigenvalue weighted by Crippen LogP contribution is -2.33. The van der Waals surface area contributed by atoms with Crippen molar-refractivity contribution < 1.29 is 9.21 Å². The van der Waals surface area contributed by atoms with E-state index in [0.29, 0.717) is 29.1 Å². The highest BCUT2D eigenvalue weighted by Crippen LogP contribution is 2.23. The summed E-state index contributed by atoms with van der Waals surface area (Å²) in [6.07, 6.45) is 2.06. The molecule has 0 unspecified atom stereocenters. The standard InChI is InChI=1S/C20H16ClN3O3/c21-14-7-5-13(6-8-14)9-10-22-17(25)11-24-12-23-18-15-3-1-2-4-16(15)27-19(18)20(24)26/h1-8,12H,9-11H2,(H,22,25). The molecule has 0 aliphatic heterocycles. The van der Waals surface area contributed by atoms with E-state index in [-0.39, 0.29) is 23.6 Å². The van der Waals surface area contributed by atoms with Crippen LogP contribution in [0.15, 0.2) is 64.1 Å².